The van der Waals surface area contributed by atoms with Crippen LogP contribution in [-0.2, 0) is 14.3 Å². The summed E-state index contributed by atoms with van der Waals surface area (Å²) < 4.78 is 5.08. The van der Waals surface area contributed by atoms with Crippen LogP contribution in [0.4, 0.5) is 0 Å². The molecule has 2 aliphatic rings. The number of hydrogen-bond acceptors (Lipinski definition) is 4. The van der Waals surface area contributed by atoms with Crippen LogP contribution in [0.15, 0.2) is 0 Å². The highest BCUT2D eigenvalue weighted by molar-refractivity contribution is 5.86. The molecule has 6 heteroatoms. The SMILES string of the molecule is COCCC1(CNC(=O)C2CNC(=O)CN2)CC1. The summed E-state index contributed by atoms with van der Waals surface area (Å²) in [7, 11) is 1.70. The first-order chi connectivity index (χ1) is 8.65. The van der Waals surface area contributed by atoms with Gasteiger partial charge in [0.1, 0.15) is 6.04 Å². The third-order valence-electron chi connectivity index (χ3n) is 3.76. The predicted octanol–water partition coefficient (Wildman–Crippen LogP) is -0.993. The molecule has 6 nitrogen and oxygen atoms in total. The van der Waals surface area contributed by atoms with Crippen molar-refractivity contribution >= 4 is 11.8 Å². The van der Waals surface area contributed by atoms with E-state index in [1.807, 2.05) is 0 Å². The summed E-state index contributed by atoms with van der Waals surface area (Å²) in [6.07, 6.45) is 3.32. The van der Waals surface area contributed by atoms with E-state index in [0.29, 0.717) is 13.1 Å². The van der Waals surface area contributed by atoms with Gasteiger partial charge in [0.15, 0.2) is 0 Å². The van der Waals surface area contributed by atoms with Gasteiger partial charge in [-0.25, -0.2) is 0 Å². The van der Waals surface area contributed by atoms with Crippen molar-refractivity contribution in [2.24, 2.45) is 5.41 Å². The molecule has 3 N–H and O–H groups in total. The minimum Gasteiger partial charge on any atom is -0.385 e. The monoisotopic (exact) mass is 255 g/mol. The van der Waals surface area contributed by atoms with Gasteiger partial charge in [-0.15, -0.1) is 0 Å². The zero-order chi connectivity index (χ0) is 13.0. The van der Waals surface area contributed by atoms with Gasteiger partial charge in [-0.1, -0.05) is 0 Å². The molecule has 1 saturated carbocycles. The summed E-state index contributed by atoms with van der Waals surface area (Å²) in [4.78, 5) is 22.9. The number of piperazine rings is 1. The first-order valence-electron chi connectivity index (χ1n) is 6.42. The maximum atomic E-state index is 11.9. The Balaban J connectivity index is 1.70. The quantitative estimate of drug-likeness (QED) is 0.569. The lowest BCUT2D eigenvalue weighted by molar-refractivity contribution is -0.126. The van der Waals surface area contributed by atoms with Gasteiger partial charge >= 0.3 is 0 Å². The molecule has 1 unspecified atom stereocenters. The summed E-state index contributed by atoms with van der Waals surface area (Å²) >= 11 is 0. The Morgan fingerprint density at radius 1 is 1.56 bits per heavy atom. The molecule has 0 bridgehead atoms. The van der Waals surface area contributed by atoms with Gasteiger partial charge in [0.2, 0.25) is 11.8 Å². The number of carbonyl (C=O) groups excluding carboxylic acids is 2. The largest absolute Gasteiger partial charge is 0.385 e. The molecule has 0 radical (unpaired) electrons. The van der Waals surface area contributed by atoms with Crippen molar-refractivity contribution in [3.05, 3.63) is 0 Å². The Hall–Kier alpha value is -1.14. The number of carbonyl (C=O) groups is 2. The summed E-state index contributed by atoms with van der Waals surface area (Å²) in [5, 5.41) is 8.57. The molecule has 0 spiro atoms. The molecule has 1 saturated heterocycles. The Labute approximate surface area is 107 Å². The molecule has 1 aliphatic carbocycles. The standard InChI is InChI=1S/C12H21N3O3/c1-18-5-4-12(2-3-12)8-15-11(17)9-6-14-10(16)7-13-9/h9,13H,2-8H2,1H3,(H,14,16)(H,15,17). The average molecular weight is 255 g/mol. The topological polar surface area (TPSA) is 79.5 Å². The maximum Gasteiger partial charge on any atom is 0.238 e. The van der Waals surface area contributed by atoms with Gasteiger partial charge in [0.25, 0.3) is 0 Å². The van der Waals surface area contributed by atoms with Crippen molar-refractivity contribution in [3.8, 4) is 0 Å². The lowest BCUT2D eigenvalue weighted by Crippen LogP contribution is -2.58. The molecule has 1 atom stereocenters. The highest BCUT2D eigenvalue weighted by Gasteiger charge is 2.42. The second kappa shape index (κ2) is 5.67. The van der Waals surface area contributed by atoms with Crippen molar-refractivity contribution in [2.45, 2.75) is 25.3 Å². The molecular formula is C12H21N3O3. The summed E-state index contributed by atoms with van der Waals surface area (Å²) in [5.41, 5.74) is 0.254. The minimum atomic E-state index is -0.305. The van der Waals surface area contributed by atoms with Crippen molar-refractivity contribution in [3.63, 3.8) is 0 Å². The van der Waals surface area contributed by atoms with Gasteiger partial charge in [-0.3, -0.25) is 14.9 Å². The van der Waals surface area contributed by atoms with Crippen LogP contribution in [0.3, 0.4) is 0 Å². The number of amides is 2. The Morgan fingerprint density at radius 2 is 2.33 bits per heavy atom. The lowest BCUT2D eigenvalue weighted by atomic mass is 10.0. The highest BCUT2D eigenvalue weighted by atomic mass is 16.5. The first-order valence-corrected chi connectivity index (χ1v) is 6.42. The normalized spacial score (nSPS) is 25.4. The smallest absolute Gasteiger partial charge is 0.238 e. The summed E-state index contributed by atoms with van der Waals surface area (Å²) in [5.74, 6) is -0.0866. The van der Waals surface area contributed by atoms with Crippen molar-refractivity contribution in [1.82, 2.24) is 16.0 Å². The van der Waals surface area contributed by atoms with Crippen LogP contribution in [-0.4, -0.2) is 51.2 Å². The van der Waals surface area contributed by atoms with Gasteiger partial charge in [-0.05, 0) is 24.7 Å². The molecule has 0 aromatic carbocycles. The molecule has 1 heterocycles. The Bertz CT molecular complexity index is 319. The van der Waals surface area contributed by atoms with E-state index in [9.17, 15) is 9.59 Å². The molecule has 0 aromatic heterocycles. The fourth-order valence-corrected chi connectivity index (χ4v) is 2.16. The summed E-state index contributed by atoms with van der Waals surface area (Å²) in [6, 6.07) is -0.305. The van der Waals surface area contributed by atoms with E-state index in [1.165, 1.54) is 0 Å². The van der Waals surface area contributed by atoms with Crippen LogP contribution in [0, 0.1) is 5.41 Å². The Kier molecular flexibility index (Phi) is 4.19. The van der Waals surface area contributed by atoms with E-state index in [4.69, 9.17) is 4.74 Å². The van der Waals surface area contributed by atoms with E-state index >= 15 is 0 Å². The third-order valence-corrected chi connectivity index (χ3v) is 3.76. The lowest BCUT2D eigenvalue weighted by Gasteiger charge is -2.24. The van der Waals surface area contributed by atoms with Crippen LogP contribution >= 0.6 is 0 Å². The van der Waals surface area contributed by atoms with Gasteiger partial charge in [0.05, 0.1) is 6.54 Å². The molecule has 2 rings (SSSR count). The van der Waals surface area contributed by atoms with Crippen molar-refractivity contribution in [2.75, 3.05) is 33.4 Å². The van der Waals surface area contributed by atoms with Gasteiger partial charge in [0, 0.05) is 26.8 Å². The zero-order valence-electron chi connectivity index (χ0n) is 10.8. The van der Waals surface area contributed by atoms with E-state index in [1.54, 1.807) is 7.11 Å². The Morgan fingerprint density at radius 3 is 2.89 bits per heavy atom. The predicted molar refractivity (Wildman–Crippen MR) is 66.0 cm³/mol. The van der Waals surface area contributed by atoms with E-state index in [0.717, 1.165) is 25.9 Å². The first kappa shape index (κ1) is 13.3. The average Bonchev–Trinajstić information content (AvgIpc) is 3.15. The van der Waals surface area contributed by atoms with Crippen LogP contribution in [0.5, 0.6) is 0 Å². The minimum absolute atomic E-state index is 0.0290. The molecule has 0 aromatic rings. The molecule has 2 amide bonds. The van der Waals surface area contributed by atoms with Crippen molar-refractivity contribution in [1.29, 1.82) is 0 Å². The number of hydrogen-bond donors (Lipinski definition) is 3. The van der Waals surface area contributed by atoms with E-state index < -0.39 is 0 Å². The van der Waals surface area contributed by atoms with Gasteiger partial charge in [-0.2, -0.15) is 0 Å². The summed E-state index contributed by atoms with van der Waals surface area (Å²) in [6.45, 7) is 2.04. The van der Waals surface area contributed by atoms with Crippen LogP contribution in [0.2, 0.25) is 0 Å². The second-order valence-corrected chi connectivity index (χ2v) is 5.20. The number of methoxy groups -OCH3 is 1. The van der Waals surface area contributed by atoms with Crippen LogP contribution < -0.4 is 16.0 Å². The van der Waals surface area contributed by atoms with Crippen LogP contribution in [0.1, 0.15) is 19.3 Å². The third kappa shape index (κ3) is 3.43. The number of rotatable bonds is 6. The van der Waals surface area contributed by atoms with E-state index in [-0.39, 0.29) is 29.8 Å². The fraction of sp³-hybridized carbons (Fsp3) is 0.833. The highest BCUT2D eigenvalue weighted by Crippen LogP contribution is 2.48. The fourth-order valence-electron chi connectivity index (χ4n) is 2.16. The van der Waals surface area contributed by atoms with Crippen molar-refractivity contribution < 1.29 is 14.3 Å². The molecule has 18 heavy (non-hydrogen) atoms. The molecule has 102 valence electrons. The second-order valence-electron chi connectivity index (χ2n) is 5.20. The molecular weight excluding hydrogens is 234 g/mol. The van der Waals surface area contributed by atoms with Gasteiger partial charge < -0.3 is 15.4 Å². The van der Waals surface area contributed by atoms with Crippen LogP contribution in [0.25, 0.3) is 0 Å². The zero-order valence-corrected chi connectivity index (χ0v) is 10.8. The molecule has 2 fully saturated rings. The number of ether oxygens (including phenoxy) is 1. The number of nitrogens with one attached hydrogen (secondary N) is 3. The molecule has 1 aliphatic heterocycles. The van der Waals surface area contributed by atoms with E-state index in [2.05, 4.69) is 16.0 Å². The maximum absolute atomic E-state index is 11.9.